The number of carbonyl (C=O) groups is 2. The van der Waals surface area contributed by atoms with Crippen LogP contribution in [0.3, 0.4) is 0 Å². The Morgan fingerprint density at radius 3 is 2.48 bits per heavy atom. The summed E-state index contributed by atoms with van der Waals surface area (Å²) in [5.74, 6) is 0.514. The fourth-order valence-corrected chi connectivity index (χ4v) is 3.66. The number of likely N-dealkylation sites (tertiary alicyclic amines) is 1. The second-order valence-corrected chi connectivity index (χ2v) is 8.96. The van der Waals surface area contributed by atoms with Crippen LogP contribution in [0.5, 0.6) is 0 Å². The molecule has 0 aromatic rings. The van der Waals surface area contributed by atoms with E-state index in [2.05, 4.69) is 31.4 Å². The number of carbonyl (C=O) groups excluding carboxylic acids is 2. The number of piperidine rings is 2. The van der Waals surface area contributed by atoms with Gasteiger partial charge in [0.2, 0.25) is 5.91 Å². The molecule has 6 nitrogen and oxygen atoms in total. The topological polar surface area (TPSA) is 70.7 Å². The second-order valence-electron chi connectivity index (χ2n) is 8.96. The zero-order valence-corrected chi connectivity index (χ0v) is 16.4. The Bertz CT molecular complexity index is 465. The number of rotatable bonds is 4. The Kier molecular flexibility index (Phi) is 6.72. The number of amides is 2. The lowest BCUT2D eigenvalue weighted by Crippen LogP contribution is -2.62. The third-order valence-corrected chi connectivity index (χ3v) is 5.08. The third kappa shape index (κ3) is 5.87. The Labute approximate surface area is 152 Å². The van der Waals surface area contributed by atoms with Gasteiger partial charge in [-0.2, -0.15) is 0 Å². The first-order chi connectivity index (χ1) is 11.7. The van der Waals surface area contributed by atoms with E-state index in [4.69, 9.17) is 4.74 Å². The van der Waals surface area contributed by atoms with E-state index in [-0.39, 0.29) is 23.5 Å². The Balaban J connectivity index is 1.82. The standard InChI is InChI=1S/C19H35N3O3/c1-13(2)12-25-18(24)22-10-8-14(9-11-22)20-15-6-7-16(23)21-17(15)19(3,4)5/h13-15,17,20H,6-12H2,1-5H3,(H,21,23)/t15-,17-/m1/s1. The summed E-state index contributed by atoms with van der Waals surface area (Å²) in [5.41, 5.74) is 0.0229. The fraction of sp³-hybridized carbons (Fsp3) is 0.895. The molecule has 6 heteroatoms. The van der Waals surface area contributed by atoms with Crippen LogP contribution in [-0.2, 0) is 9.53 Å². The summed E-state index contributed by atoms with van der Waals surface area (Å²) < 4.78 is 5.32. The van der Waals surface area contributed by atoms with Crippen molar-refractivity contribution in [1.82, 2.24) is 15.5 Å². The number of nitrogens with one attached hydrogen (secondary N) is 2. The molecule has 25 heavy (non-hydrogen) atoms. The third-order valence-electron chi connectivity index (χ3n) is 5.08. The molecule has 0 unspecified atom stereocenters. The molecule has 2 N–H and O–H groups in total. The highest BCUT2D eigenvalue weighted by atomic mass is 16.6. The van der Waals surface area contributed by atoms with Crippen LogP contribution in [0.1, 0.15) is 60.3 Å². The van der Waals surface area contributed by atoms with Gasteiger partial charge in [-0.25, -0.2) is 4.79 Å². The van der Waals surface area contributed by atoms with Crippen molar-refractivity contribution in [2.75, 3.05) is 19.7 Å². The van der Waals surface area contributed by atoms with Gasteiger partial charge in [-0.15, -0.1) is 0 Å². The summed E-state index contributed by atoms with van der Waals surface area (Å²) in [6.45, 7) is 12.5. The number of ether oxygens (including phenoxy) is 1. The largest absolute Gasteiger partial charge is 0.449 e. The molecule has 144 valence electrons. The van der Waals surface area contributed by atoms with Gasteiger partial charge in [-0.05, 0) is 30.6 Å². The van der Waals surface area contributed by atoms with Crippen molar-refractivity contribution in [1.29, 1.82) is 0 Å². The molecule has 2 rings (SSSR count). The average molecular weight is 354 g/mol. The van der Waals surface area contributed by atoms with Gasteiger partial charge < -0.3 is 20.3 Å². The Morgan fingerprint density at radius 1 is 1.28 bits per heavy atom. The molecule has 2 aliphatic heterocycles. The summed E-state index contributed by atoms with van der Waals surface area (Å²) in [6.07, 6.45) is 3.13. The molecule has 2 aliphatic rings. The minimum atomic E-state index is -0.190. The van der Waals surface area contributed by atoms with Gasteiger partial charge in [0.05, 0.1) is 6.61 Å². The second kappa shape index (κ2) is 8.39. The predicted molar refractivity (Wildman–Crippen MR) is 98.3 cm³/mol. The maximum absolute atomic E-state index is 12.1. The molecule has 0 spiro atoms. The van der Waals surface area contributed by atoms with E-state index in [1.807, 2.05) is 18.7 Å². The molecule has 2 amide bonds. The van der Waals surface area contributed by atoms with Crippen molar-refractivity contribution >= 4 is 12.0 Å². The zero-order valence-electron chi connectivity index (χ0n) is 16.4. The van der Waals surface area contributed by atoms with Crippen LogP contribution in [0.2, 0.25) is 0 Å². The highest BCUT2D eigenvalue weighted by molar-refractivity contribution is 5.77. The van der Waals surface area contributed by atoms with Crippen LogP contribution in [0, 0.1) is 11.3 Å². The van der Waals surface area contributed by atoms with E-state index in [0.717, 1.165) is 32.4 Å². The molecular formula is C19H35N3O3. The normalized spacial score (nSPS) is 25.8. The monoisotopic (exact) mass is 353 g/mol. The first-order valence-corrected chi connectivity index (χ1v) is 9.64. The first-order valence-electron chi connectivity index (χ1n) is 9.64. The maximum Gasteiger partial charge on any atom is 0.409 e. The minimum Gasteiger partial charge on any atom is -0.449 e. The SMILES string of the molecule is CC(C)COC(=O)N1CCC(N[C@@H]2CCC(=O)N[C@H]2C(C)(C)C)CC1. The van der Waals surface area contributed by atoms with Crippen molar-refractivity contribution < 1.29 is 14.3 Å². The molecule has 2 atom stereocenters. The smallest absolute Gasteiger partial charge is 0.409 e. The van der Waals surface area contributed by atoms with Gasteiger partial charge in [0, 0.05) is 37.6 Å². The van der Waals surface area contributed by atoms with Crippen LogP contribution in [0.15, 0.2) is 0 Å². The highest BCUT2D eigenvalue weighted by Crippen LogP contribution is 2.27. The van der Waals surface area contributed by atoms with E-state index in [9.17, 15) is 9.59 Å². The molecular weight excluding hydrogens is 318 g/mol. The van der Waals surface area contributed by atoms with E-state index < -0.39 is 0 Å². The first kappa shape index (κ1) is 20.0. The highest BCUT2D eigenvalue weighted by Gasteiger charge is 2.38. The van der Waals surface area contributed by atoms with E-state index in [1.165, 1.54) is 0 Å². The van der Waals surface area contributed by atoms with Crippen LogP contribution >= 0.6 is 0 Å². The Hall–Kier alpha value is -1.30. The predicted octanol–water partition coefficient (Wildman–Crippen LogP) is 2.53. The molecule has 0 bridgehead atoms. The fourth-order valence-electron chi connectivity index (χ4n) is 3.66. The van der Waals surface area contributed by atoms with E-state index in [0.29, 0.717) is 31.0 Å². The quantitative estimate of drug-likeness (QED) is 0.815. The number of nitrogens with zero attached hydrogens (tertiary/aromatic N) is 1. The van der Waals surface area contributed by atoms with Gasteiger partial charge in [0.25, 0.3) is 0 Å². The molecule has 0 saturated carbocycles. The van der Waals surface area contributed by atoms with Crippen molar-refractivity contribution in [2.45, 2.75) is 78.4 Å². The lowest BCUT2D eigenvalue weighted by Gasteiger charge is -2.43. The van der Waals surface area contributed by atoms with Gasteiger partial charge >= 0.3 is 6.09 Å². The van der Waals surface area contributed by atoms with Gasteiger partial charge in [0.15, 0.2) is 0 Å². The van der Waals surface area contributed by atoms with Crippen LogP contribution in [0.4, 0.5) is 4.79 Å². The molecule has 0 aromatic carbocycles. The molecule has 2 heterocycles. The summed E-state index contributed by atoms with van der Waals surface area (Å²) in [4.78, 5) is 25.7. The lowest BCUT2D eigenvalue weighted by atomic mass is 9.78. The number of hydrogen-bond acceptors (Lipinski definition) is 4. The molecule has 0 aromatic heterocycles. The summed E-state index contributed by atoms with van der Waals surface area (Å²) in [6, 6.07) is 0.823. The zero-order chi connectivity index (χ0) is 18.6. The van der Waals surface area contributed by atoms with Gasteiger partial charge in [-0.3, -0.25) is 4.79 Å². The molecule has 0 aliphatic carbocycles. The summed E-state index contributed by atoms with van der Waals surface area (Å²) >= 11 is 0. The number of hydrogen-bond donors (Lipinski definition) is 2. The van der Waals surface area contributed by atoms with Crippen molar-refractivity contribution in [3.05, 3.63) is 0 Å². The maximum atomic E-state index is 12.1. The van der Waals surface area contributed by atoms with Crippen molar-refractivity contribution in [2.24, 2.45) is 11.3 Å². The van der Waals surface area contributed by atoms with Crippen molar-refractivity contribution in [3.63, 3.8) is 0 Å². The lowest BCUT2D eigenvalue weighted by molar-refractivity contribution is -0.125. The van der Waals surface area contributed by atoms with Gasteiger partial charge in [0.1, 0.15) is 0 Å². The van der Waals surface area contributed by atoms with E-state index >= 15 is 0 Å². The van der Waals surface area contributed by atoms with E-state index in [1.54, 1.807) is 0 Å². The average Bonchev–Trinajstić information content (AvgIpc) is 2.54. The molecule has 2 saturated heterocycles. The van der Waals surface area contributed by atoms with Gasteiger partial charge in [-0.1, -0.05) is 34.6 Å². The van der Waals surface area contributed by atoms with Crippen LogP contribution in [-0.4, -0.2) is 54.7 Å². The Morgan fingerprint density at radius 2 is 1.92 bits per heavy atom. The summed E-state index contributed by atoms with van der Waals surface area (Å²) in [7, 11) is 0. The van der Waals surface area contributed by atoms with Crippen LogP contribution in [0.25, 0.3) is 0 Å². The molecule has 2 fully saturated rings. The molecule has 0 radical (unpaired) electrons. The summed E-state index contributed by atoms with van der Waals surface area (Å²) in [5, 5.41) is 6.92. The van der Waals surface area contributed by atoms with Crippen LogP contribution < -0.4 is 10.6 Å². The van der Waals surface area contributed by atoms with Crippen molar-refractivity contribution in [3.8, 4) is 0 Å². The minimum absolute atomic E-state index is 0.0229.